The molecule has 0 aliphatic heterocycles. The van der Waals surface area contributed by atoms with Crippen LogP contribution in [0.3, 0.4) is 0 Å². The number of hydrogen-bond acceptors (Lipinski definition) is 3. The Labute approximate surface area is 99.9 Å². The zero-order chi connectivity index (χ0) is 11.5. The quantitative estimate of drug-likeness (QED) is 0.878. The van der Waals surface area contributed by atoms with E-state index in [9.17, 15) is 4.79 Å². The van der Waals surface area contributed by atoms with E-state index in [1.54, 1.807) is 12.1 Å². The van der Waals surface area contributed by atoms with Crippen molar-refractivity contribution in [1.82, 2.24) is 14.8 Å². The molecule has 0 amide bonds. The normalized spacial score (nSPS) is 10.6. The van der Waals surface area contributed by atoms with Gasteiger partial charge in [0.1, 0.15) is 5.82 Å². The molecule has 1 aromatic heterocycles. The third-order valence-electron chi connectivity index (χ3n) is 2.07. The maximum Gasteiger partial charge on any atom is 0.348 e. The lowest BCUT2D eigenvalue weighted by Crippen LogP contribution is -2.15. The molecule has 0 saturated carbocycles. The molecule has 0 unspecified atom stereocenters. The lowest BCUT2D eigenvalue weighted by Gasteiger charge is -1.98. The lowest BCUT2D eigenvalue weighted by molar-refractivity contribution is 0.296. The minimum atomic E-state index is -0.304. The summed E-state index contributed by atoms with van der Waals surface area (Å²) in [5, 5.41) is 12.8. The molecule has 6 heteroatoms. The molecule has 84 valence electrons. The van der Waals surface area contributed by atoms with Crippen LogP contribution in [0.15, 0.2) is 33.5 Å². The molecule has 0 spiro atoms. The molecule has 0 saturated heterocycles. The molecule has 16 heavy (non-hydrogen) atoms. The lowest BCUT2D eigenvalue weighted by atomic mass is 10.3. The molecule has 2 rings (SSSR count). The number of hydrogen-bond donors (Lipinski definition) is 2. The Morgan fingerprint density at radius 3 is 3.00 bits per heavy atom. The van der Waals surface area contributed by atoms with Crippen molar-refractivity contribution in [2.75, 3.05) is 6.61 Å². The van der Waals surface area contributed by atoms with Gasteiger partial charge in [-0.1, -0.05) is 22.0 Å². The van der Waals surface area contributed by atoms with Crippen LogP contribution in [0.25, 0.3) is 5.69 Å². The zero-order valence-corrected chi connectivity index (χ0v) is 9.94. The van der Waals surface area contributed by atoms with Gasteiger partial charge in [0.2, 0.25) is 0 Å². The van der Waals surface area contributed by atoms with Gasteiger partial charge in [-0.25, -0.2) is 4.79 Å². The van der Waals surface area contributed by atoms with Crippen molar-refractivity contribution < 1.29 is 5.11 Å². The summed E-state index contributed by atoms with van der Waals surface area (Å²) < 4.78 is 2.15. The number of rotatable bonds is 3. The van der Waals surface area contributed by atoms with E-state index >= 15 is 0 Å². The summed E-state index contributed by atoms with van der Waals surface area (Å²) >= 11 is 3.33. The van der Waals surface area contributed by atoms with Gasteiger partial charge in [0, 0.05) is 10.9 Å². The third kappa shape index (κ3) is 2.23. The van der Waals surface area contributed by atoms with Gasteiger partial charge >= 0.3 is 5.69 Å². The summed E-state index contributed by atoms with van der Waals surface area (Å²) in [5.41, 5.74) is 0.376. The summed E-state index contributed by atoms with van der Waals surface area (Å²) in [6, 6.07) is 7.28. The smallest absolute Gasteiger partial charge is 0.348 e. The van der Waals surface area contributed by atoms with E-state index in [4.69, 9.17) is 5.11 Å². The number of aliphatic hydroxyl groups excluding tert-OH is 1. The zero-order valence-electron chi connectivity index (χ0n) is 8.35. The van der Waals surface area contributed by atoms with Crippen LogP contribution >= 0.6 is 15.9 Å². The first-order valence-corrected chi connectivity index (χ1v) is 5.55. The second-order valence-electron chi connectivity index (χ2n) is 3.24. The Morgan fingerprint density at radius 1 is 1.50 bits per heavy atom. The Balaban J connectivity index is 2.44. The number of aromatic amines is 1. The summed E-state index contributed by atoms with van der Waals surface area (Å²) in [4.78, 5) is 14.2. The maximum absolute atomic E-state index is 11.6. The highest BCUT2D eigenvalue weighted by atomic mass is 79.9. The standard InChI is InChI=1S/C10H10BrN3O2/c11-7-2-1-3-8(6-7)14-10(16)12-9(13-14)4-5-15/h1-3,6,15H,4-5H2,(H,12,13,16). The van der Waals surface area contributed by atoms with Crippen LogP contribution < -0.4 is 5.69 Å². The molecular formula is C10H10BrN3O2. The Kier molecular flexibility index (Phi) is 3.21. The minimum absolute atomic E-state index is 0.0363. The molecule has 0 atom stereocenters. The topological polar surface area (TPSA) is 70.9 Å². The van der Waals surface area contributed by atoms with E-state index in [1.165, 1.54) is 4.68 Å². The Morgan fingerprint density at radius 2 is 2.31 bits per heavy atom. The number of aliphatic hydroxyl groups is 1. The predicted octanol–water partition coefficient (Wildman–Crippen LogP) is 0.858. The minimum Gasteiger partial charge on any atom is -0.396 e. The first-order valence-electron chi connectivity index (χ1n) is 4.76. The van der Waals surface area contributed by atoms with Gasteiger partial charge in [-0.2, -0.15) is 9.78 Å². The fourth-order valence-corrected chi connectivity index (χ4v) is 1.76. The molecule has 0 fully saturated rings. The van der Waals surface area contributed by atoms with Crippen molar-refractivity contribution in [3.05, 3.63) is 45.0 Å². The van der Waals surface area contributed by atoms with Crippen LogP contribution in [-0.2, 0) is 6.42 Å². The Hall–Kier alpha value is -1.40. The number of H-pyrrole nitrogens is 1. The van der Waals surface area contributed by atoms with Crippen LogP contribution in [0.4, 0.5) is 0 Å². The van der Waals surface area contributed by atoms with Gasteiger partial charge in [-0.05, 0) is 18.2 Å². The second-order valence-corrected chi connectivity index (χ2v) is 4.16. The fourth-order valence-electron chi connectivity index (χ4n) is 1.37. The summed E-state index contributed by atoms with van der Waals surface area (Å²) in [6.07, 6.45) is 0.343. The van der Waals surface area contributed by atoms with Crippen molar-refractivity contribution in [1.29, 1.82) is 0 Å². The molecule has 5 nitrogen and oxygen atoms in total. The maximum atomic E-state index is 11.6. The molecule has 2 N–H and O–H groups in total. The first kappa shape index (κ1) is 11.1. The van der Waals surface area contributed by atoms with Crippen LogP contribution in [-0.4, -0.2) is 26.5 Å². The van der Waals surface area contributed by atoms with Crippen LogP contribution in [0.1, 0.15) is 5.82 Å². The van der Waals surface area contributed by atoms with Crippen molar-refractivity contribution in [3.63, 3.8) is 0 Å². The highest BCUT2D eigenvalue weighted by Gasteiger charge is 2.06. The van der Waals surface area contributed by atoms with Crippen LogP contribution in [0.2, 0.25) is 0 Å². The van der Waals surface area contributed by atoms with E-state index in [-0.39, 0.29) is 12.3 Å². The number of nitrogens with one attached hydrogen (secondary N) is 1. The van der Waals surface area contributed by atoms with Gasteiger partial charge < -0.3 is 5.11 Å². The number of halogens is 1. The summed E-state index contributed by atoms with van der Waals surface area (Å²) in [7, 11) is 0. The van der Waals surface area contributed by atoms with Crippen LogP contribution in [0.5, 0.6) is 0 Å². The predicted molar refractivity (Wildman–Crippen MR) is 62.7 cm³/mol. The Bertz CT molecular complexity index is 547. The number of nitrogens with zero attached hydrogens (tertiary/aromatic N) is 2. The molecule has 0 aliphatic rings. The van der Waals surface area contributed by atoms with E-state index in [1.807, 2.05) is 12.1 Å². The highest BCUT2D eigenvalue weighted by molar-refractivity contribution is 9.10. The van der Waals surface area contributed by atoms with Gasteiger partial charge in [-0.3, -0.25) is 4.98 Å². The highest BCUT2D eigenvalue weighted by Crippen LogP contribution is 2.13. The monoisotopic (exact) mass is 283 g/mol. The average molecular weight is 284 g/mol. The molecular weight excluding hydrogens is 274 g/mol. The number of aromatic nitrogens is 3. The summed E-state index contributed by atoms with van der Waals surface area (Å²) in [5.74, 6) is 0.479. The van der Waals surface area contributed by atoms with Crippen LogP contribution in [0, 0.1) is 0 Å². The van der Waals surface area contributed by atoms with Gasteiger partial charge in [0.25, 0.3) is 0 Å². The van der Waals surface area contributed by atoms with E-state index in [2.05, 4.69) is 26.0 Å². The molecule has 1 aromatic carbocycles. The van der Waals surface area contributed by atoms with Crippen molar-refractivity contribution in [2.45, 2.75) is 6.42 Å². The average Bonchev–Trinajstić information content (AvgIpc) is 2.60. The van der Waals surface area contributed by atoms with E-state index < -0.39 is 0 Å². The molecule has 0 aliphatic carbocycles. The van der Waals surface area contributed by atoms with Gasteiger partial charge in [0.15, 0.2) is 0 Å². The van der Waals surface area contributed by atoms with Crippen molar-refractivity contribution >= 4 is 15.9 Å². The van der Waals surface area contributed by atoms with Crippen molar-refractivity contribution in [3.8, 4) is 5.69 Å². The third-order valence-corrected chi connectivity index (χ3v) is 2.56. The van der Waals surface area contributed by atoms with Gasteiger partial charge in [-0.15, -0.1) is 0 Å². The fraction of sp³-hybridized carbons (Fsp3) is 0.200. The number of benzene rings is 1. The SMILES string of the molecule is O=c1[nH]c(CCO)nn1-c1cccc(Br)c1. The van der Waals surface area contributed by atoms with Crippen molar-refractivity contribution in [2.24, 2.45) is 0 Å². The molecule has 0 bridgehead atoms. The molecule has 2 aromatic rings. The second kappa shape index (κ2) is 4.63. The van der Waals surface area contributed by atoms with E-state index in [0.29, 0.717) is 17.9 Å². The first-order chi connectivity index (χ1) is 7.70. The largest absolute Gasteiger partial charge is 0.396 e. The molecule has 1 heterocycles. The molecule has 0 radical (unpaired) electrons. The van der Waals surface area contributed by atoms with Gasteiger partial charge in [0.05, 0.1) is 12.3 Å². The summed E-state index contributed by atoms with van der Waals surface area (Å²) in [6.45, 7) is -0.0363. The van der Waals surface area contributed by atoms with E-state index in [0.717, 1.165) is 4.47 Å².